The van der Waals surface area contributed by atoms with Crippen LogP contribution in [0.25, 0.3) is 11.3 Å². The molecule has 2 aromatic carbocycles. The van der Waals surface area contributed by atoms with Crippen LogP contribution in [-0.2, 0) is 14.3 Å². The molecule has 4 rings (SSSR count). The van der Waals surface area contributed by atoms with Gasteiger partial charge in [-0.05, 0) is 36.4 Å². The zero-order valence-corrected chi connectivity index (χ0v) is 18.4. The summed E-state index contributed by atoms with van der Waals surface area (Å²) in [7, 11) is 0. The zero-order chi connectivity index (χ0) is 22.0. The Morgan fingerprint density at radius 3 is 2.39 bits per heavy atom. The van der Waals surface area contributed by atoms with E-state index in [4.69, 9.17) is 27.9 Å². The topological polar surface area (TPSA) is 76.6 Å². The van der Waals surface area contributed by atoms with Gasteiger partial charge in [0.1, 0.15) is 0 Å². The maximum absolute atomic E-state index is 12.5. The van der Waals surface area contributed by atoms with Crippen molar-refractivity contribution in [2.45, 2.75) is 6.42 Å². The second-order valence-corrected chi connectivity index (χ2v) is 8.67. The highest BCUT2D eigenvalue weighted by molar-refractivity contribution is 7.14. The Morgan fingerprint density at radius 1 is 1.06 bits per heavy atom. The summed E-state index contributed by atoms with van der Waals surface area (Å²) in [6, 6.07) is 13.6. The number of carbonyl (C=O) groups is 3. The monoisotopic (exact) mass is 474 g/mol. The summed E-state index contributed by atoms with van der Waals surface area (Å²) in [5, 5.41) is 3.51. The molecule has 0 bridgehead atoms. The van der Waals surface area contributed by atoms with E-state index in [9.17, 15) is 14.4 Å². The molecule has 0 spiro atoms. The van der Waals surface area contributed by atoms with Crippen LogP contribution >= 0.6 is 34.5 Å². The molecule has 0 aliphatic carbocycles. The normalized spacial score (nSPS) is 15.9. The minimum absolute atomic E-state index is 0.0177. The largest absolute Gasteiger partial charge is 0.457 e. The molecule has 6 nitrogen and oxygen atoms in total. The number of hydrogen-bond donors (Lipinski definition) is 0. The number of hydrogen-bond acceptors (Lipinski definition) is 6. The van der Waals surface area contributed by atoms with Gasteiger partial charge < -0.3 is 4.74 Å². The SMILES string of the molecule is O=C(COC(=O)[C@@H]1CC(=O)N(c2nc(-c3ccc(Cl)cc3)cs2)C1)c1ccc(Cl)cc1. The number of esters is 1. The number of anilines is 1. The van der Waals surface area contributed by atoms with E-state index in [1.54, 1.807) is 36.4 Å². The summed E-state index contributed by atoms with van der Waals surface area (Å²) in [5.74, 6) is -1.76. The van der Waals surface area contributed by atoms with Crippen molar-refractivity contribution in [3.8, 4) is 11.3 Å². The Labute approximate surface area is 192 Å². The van der Waals surface area contributed by atoms with E-state index in [-0.39, 0.29) is 31.3 Å². The van der Waals surface area contributed by atoms with Crippen LogP contribution in [0.4, 0.5) is 5.13 Å². The number of thiazole rings is 1. The zero-order valence-electron chi connectivity index (χ0n) is 16.1. The van der Waals surface area contributed by atoms with Crippen molar-refractivity contribution in [2.75, 3.05) is 18.1 Å². The number of ketones is 1. The molecular weight excluding hydrogens is 459 g/mol. The van der Waals surface area contributed by atoms with Gasteiger partial charge in [0.2, 0.25) is 5.91 Å². The molecule has 0 saturated carbocycles. The summed E-state index contributed by atoms with van der Waals surface area (Å²) >= 11 is 13.0. The highest BCUT2D eigenvalue weighted by Gasteiger charge is 2.37. The molecule has 1 aromatic heterocycles. The molecule has 0 N–H and O–H groups in total. The summed E-state index contributed by atoms with van der Waals surface area (Å²) in [4.78, 5) is 43.0. The average molecular weight is 475 g/mol. The van der Waals surface area contributed by atoms with Crippen molar-refractivity contribution < 1.29 is 19.1 Å². The molecule has 2 heterocycles. The highest BCUT2D eigenvalue weighted by atomic mass is 35.5. The van der Waals surface area contributed by atoms with E-state index in [1.165, 1.54) is 16.2 Å². The van der Waals surface area contributed by atoms with E-state index in [2.05, 4.69) is 4.98 Å². The first-order chi connectivity index (χ1) is 14.9. The van der Waals surface area contributed by atoms with Crippen LogP contribution in [-0.4, -0.2) is 35.8 Å². The third-order valence-corrected chi connectivity index (χ3v) is 6.20. The smallest absolute Gasteiger partial charge is 0.311 e. The third-order valence-electron chi connectivity index (χ3n) is 4.83. The molecular formula is C22H16Cl2N2O4S. The molecule has 1 aliphatic heterocycles. The van der Waals surface area contributed by atoms with Crippen LogP contribution in [0.1, 0.15) is 16.8 Å². The van der Waals surface area contributed by atoms with Crippen molar-refractivity contribution in [3.05, 3.63) is 69.5 Å². The molecule has 1 fully saturated rings. The molecule has 31 heavy (non-hydrogen) atoms. The van der Waals surface area contributed by atoms with E-state index in [0.29, 0.717) is 20.7 Å². The van der Waals surface area contributed by atoms with Gasteiger partial charge in [0.05, 0.1) is 11.6 Å². The Bertz CT molecular complexity index is 1130. The van der Waals surface area contributed by atoms with Crippen molar-refractivity contribution in [1.82, 2.24) is 4.98 Å². The van der Waals surface area contributed by atoms with Crippen LogP contribution in [0.3, 0.4) is 0 Å². The summed E-state index contributed by atoms with van der Waals surface area (Å²) in [6.07, 6.45) is 0.0177. The fraction of sp³-hybridized carbons (Fsp3) is 0.182. The van der Waals surface area contributed by atoms with E-state index in [0.717, 1.165) is 11.3 Å². The fourth-order valence-electron chi connectivity index (χ4n) is 3.17. The molecule has 1 amide bonds. The lowest BCUT2D eigenvalue weighted by Crippen LogP contribution is -2.27. The van der Waals surface area contributed by atoms with Gasteiger partial charge in [0.25, 0.3) is 0 Å². The molecule has 0 radical (unpaired) electrons. The standard InChI is InChI=1S/C22H16Cl2N2O4S/c23-16-5-1-13(2-6-16)18-12-31-22(25-18)26-10-15(9-20(26)28)21(29)30-11-19(27)14-3-7-17(24)8-4-14/h1-8,12,15H,9-11H2/t15-/m1/s1. The number of aromatic nitrogens is 1. The van der Waals surface area contributed by atoms with E-state index < -0.39 is 11.9 Å². The first-order valence-electron chi connectivity index (χ1n) is 9.38. The molecule has 158 valence electrons. The van der Waals surface area contributed by atoms with Crippen molar-refractivity contribution in [1.29, 1.82) is 0 Å². The van der Waals surface area contributed by atoms with Crippen molar-refractivity contribution in [2.24, 2.45) is 5.92 Å². The summed E-state index contributed by atoms with van der Waals surface area (Å²) in [6.45, 7) is -0.219. The van der Waals surface area contributed by atoms with Crippen LogP contribution in [0, 0.1) is 5.92 Å². The Hall–Kier alpha value is -2.74. The minimum Gasteiger partial charge on any atom is -0.457 e. The Morgan fingerprint density at radius 2 is 1.71 bits per heavy atom. The number of nitrogens with zero attached hydrogens (tertiary/aromatic N) is 2. The quantitative estimate of drug-likeness (QED) is 0.375. The van der Waals surface area contributed by atoms with Crippen molar-refractivity contribution in [3.63, 3.8) is 0 Å². The minimum atomic E-state index is -0.645. The Balaban J connectivity index is 1.36. The van der Waals surface area contributed by atoms with Crippen molar-refractivity contribution >= 4 is 57.3 Å². The predicted molar refractivity (Wildman–Crippen MR) is 120 cm³/mol. The van der Waals surface area contributed by atoms with Gasteiger partial charge in [-0.3, -0.25) is 19.3 Å². The predicted octanol–water partition coefficient (Wildman–Crippen LogP) is 4.90. The maximum atomic E-state index is 12.5. The van der Waals surface area contributed by atoms with E-state index >= 15 is 0 Å². The number of Topliss-reactive ketones (excluding diaryl/α,β-unsaturated/α-hetero) is 1. The highest BCUT2D eigenvalue weighted by Crippen LogP contribution is 2.32. The van der Waals surface area contributed by atoms with Gasteiger partial charge in [-0.15, -0.1) is 11.3 Å². The molecule has 3 aromatic rings. The van der Waals surface area contributed by atoms with Crippen LogP contribution in [0.2, 0.25) is 10.0 Å². The van der Waals surface area contributed by atoms with Crippen LogP contribution < -0.4 is 4.90 Å². The second-order valence-electron chi connectivity index (χ2n) is 6.97. The maximum Gasteiger partial charge on any atom is 0.311 e. The molecule has 0 unspecified atom stereocenters. The number of ether oxygens (including phenoxy) is 1. The number of amides is 1. The summed E-state index contributed by atoms with van der Waals surface area (Å²) in [5.41, 5.74) is 2.01. The van der Waals surface area contributed by atoms with Gasteiger partial charge in [-0.25, -0.2) is 4.98 Å². The van der Waals surface area contributed by atoms with Gasteiger partial charge >= 0.3 is 5.97 Å². The Kier molecular flexibility index (Phi) is 6.36. The molecule has 1 atom stereocenters. The summed E-state index contributed by atoms with van der Waals surface area (Å²) < 4.78 is 5.16. The molecule has 1 aliphatic rings. The number of rotatable bonds is 6. The first kappa shape index (κ1) is 21.5. The van der Waals surface area contributed by atoms with E-state index in [1.807, 2.05) is 17.5 Å². The average Bonchev–Trinajstić information content (AvgIpc) is 3.39. The third kappa shape index (κ3) is 4.95. The lowest BCUT2D eigenvalue weighted by molar-refractivity contribution is -0.147. The van der Waals surface area contributed by atoms with Gasteiger partial charge in [0, 0.05) is 39.5 Å². The molecule has 1 saturated heterocycles. The lowest BCUT2D eigenvalue weighted by Gasteiger charge is -2.12. The molecule has 9 heteroatoms. The van der Waals surface area contributed by atoms with Crippen LogP contribution in [0.15, 0.2) is 53.9 Å². The van der Waals surface area contributed by atoms with Gasteiger partial charge in [-0.2, -0.15) is 0 Å². The first-order valence-corrected chi connectivity index (χ1v) is 11.0. The second kappa shape index (κ2) is 9.18. The van der Waals surface area contributed by atoms with Gasteiger partial charge in [0.15, 0.2) is 17.5 Å². The fourth-order valence-corrected chi connectivity index (χ4v) is 4.28. The number of carbonyl (C=O) groups excluding carboxylic acids is 3. The number of halogens is 2. The van der Waals surface area contributed by atoms with Crippen LogP contribution in [0.5, 0.6) is 0 Å². The van der Waals surface area contributed by atoms with Gasteiger partial charge in [-0.1, -0.05) is 35.3 Å². The number of benzene rings is 2. The lowest BCUT2D eigenvalue weighted by atomic mass is 10.1.